The summed E-state index contributed by atoms with van der Waals surface area (Å²) in [7, 11) is 1.64. The van der Waals surface area contributed by atoms with E-state index in [0.29, 0.717) is 6.54 Å². The number of hydrogen-bond acceptors (Lipinski definition) is 3. The third-order valence-electron chi connectivity index (χ3n) is 5.63. The van der Waals surface area contributed by atoms with Crippen LogP contribution in [0.1, 0.15) is 37.7 Å². The van der Waals surface area contributed by atoms with Crippen molar-refractivity contribution in [3.8, 4) is 11.1 Å². The first-order chi connectivity index (χ1) is 14.9. The number of nitrogens with zero attached hydrogens (tertiary/aromatic N) is 1. The molecule has 0 unspecified atom stereocenters. The predicted octanol–water partition coefficient (Wildman–Crippen LogP) is 4.10. The van der Waals surface area contributed by atoms with E-state index in [1.165, 1.54) is 11.3 Å². The molecule has 1 saturated carbocycles. The Bertz CT molecular complexity index is 921. The Morgan fingerprint density at radius 3 is 2.39 bits per heavy atom. The number of rotatable bonds is 7. The van der Waals surface area contributed by atoms with Crippen molar-refractivity contribution in [2.24, 2.45) is 5.92 Å². The Morgan fingerprint density at radius 2 is 1.71 bits per heavy atom. The van der Waals surface area contributed by atoms with Crippen LogP contribution >= 0.6 is 0 Å². The first-order valence-electron chi connectivity index (χ1n) is 10.6. The van der Waals surface area contributed by atoms with Gasteiger partial charge in [-0.15, -0.1) is 0 Å². The van der Waals surface area contributed by atoms with Gasteiger partial charge in [-0.2, -0.15) is 0 Å². The van der Waals surface area contributed by atoms with E-state index >= 15 is 0 Å². The van der Waals surface area contributed by atoms with Crippen molar-refractivity contribution < 1.29 is 19.5 Å². The SMILES string of the molecule is CN(Cc1cccc(-c2ccc(NC(=O)C3CCCCC3)cc2)c1)C(=O)CNC(=O)O. The second-order valence-corrected chi connectivity index (χ2v) is 8.01. The van der Waals surface area contributed by atoms with Crippen LogP contribution in [0.15, 0.2) is 48.5 Å². The van der Waals surface area contributed by atoms with Crippen LogP contribution in [0.25, 0.3) is 11.1 Å². The molecule has 2 aromatic carbocycles. The van der Waals surface area contributed by atoms with E-state index in [9.17, 15) is 14.4 Å². The summed E-state index contributed by atoms with van der Waals surface area (Å²) in [4.78, 5) is 36.5. The summed E-state index contributed by atoms with van der Waals surface area (Å²) in [6.45, 7) is 0.128. The Hall–Kier alpha value is -3.35. The van der Waals surface area contributed by atoms with Crippen molar-refractivity contribution >= 4 is 23.6 Å². The highest BCUT2D eigenvalue weighted by Gasteiger charge is 2.21. The van der Waals surface area contributed by atoms with Crippen molar-refractivity contribution in [3.05, 3.63) is 54.1 Å². The van der Waals surface area contributed by atoms with E-state index in [4.69, 9.17) is 5.11 Å². The lowest BCUT2D eigenvalue weighted by atomic mass is 9.88. The van der Waals surface area contributed by atoms with Crippen LogP contribution in [0.5, 0.6) is 0 Å². The summed E-state index contributed by atoms with van der Waals surface area (Å²) in [5.41, 5.74) is 3.76. The predicted molar refractivity (Wildman–Crippen MR) is 120 cm³/mol. The maximum absolute atomic E-state index is 12.4. The van der Waals surface area contributed by atoms with Crippen LogP contribution in [0, 0.1) is 5.92 Å². The molecule has 3 rings (SSSR count). The number of carbonyl (C=O) groups excluding carboxylic acids is 2. The monoisotopic (exact) mass is 423 g/mol. The number of carbonyl (C=O) groups is 3. The fourth-order valence-corrected chi connectivity index (χ4v) is 3.85. The number of carboxylic acid groups (broad SMARTS) is 1. The largest absolute Gasteiger partial charge is 0.465 e. The Kier molecular flexibility index (Phi) is 7.65. The van der Waals surface area contributed by atoms with Gasteiger partial charge in [-0.25, -0.2) is 4.79 Å². The molecular weight excluding hydrogens is 394 g/mol. The van der Waals surface area contributed by atoms with Gasteiger partial charge in [0.05, 0.1) is 0 Å². The van der Waals surface area contributed by atoms with Gasteiger partial charge in [-0.05, 0) is 47.7 Å². The molecule has 0 saturated heterocycles. The van der Waals surface area contributed by atoms with Crippen LogP contribution in [0.4, 0.5) is 10.5 Å². The van der Waals surface area contributed by atoms with Gasteiger partial charge >= 0.3 is 6.09 Å². The molecule has 0 radical (unpaired) electrons. The van der Waals surface area contributed by atoms with Crippen molar-refractivity contribution in [3.63, 3.8) is 0 Å². The zero-order valence-electron chi connectivity index (χ0n) is 17.8. The molecule has 1 fully saturated rings. The molecule has 31 heavy (non-hydrogen) atoms. The average molecular weight is 424 g/mol. The lowest BCUT2D eigenvalue weighted by Gasteiger charge is -2.20. The molecule has 164 valence electrons. The van der Waals surface area contributed by atoms with Gasteiger partial charge in [0.1, 0.15) is 6.54 Å². The summed E-state index contributed by atoms with van der Waals surface area (Å²) >= 11 is 0. The first kappa shape index (κ1) is 22.3. The van der Waals surface area contributed by atoms with Crippen molar-refractivity contribution in [2.45, 2.75) is 38.6 Å². The molecular formula is C24H29N3O4. The third-order valence-corrected chi connectivity index (χ3v) is 5.63. The maximum Gasteiger partial charge on any atom is 0.405 e. The van der Waals surface area contributed by atoms with E-state index < -0.39 is 6.09 Å². The lowest BCUT2D eigenvalue weighted by molar-refractivity contribution is -0.129. The minimum Gasteiger partial charge on any atom is -0.465 e. The second-order valence-electron chi connectivity index (χ2n) is 8.01. The molecule has 7 nitrogen and oxygen atoms in total. The minimum atomic E-state index is -1.22. The van der Waals surface area contributed by atoms with Gasteiger partial charge < -0.3 is 20.6 Å². The Labute approximate surface area is 182 Å². The fourth-order valence-electron chi connectivity index (χ4n) is 3.85. The summed E-state index contributed by atoms with van der Waals surface area (Å²) < 4.78 is 0. The molecule has 0 aliphatic heterocycles. The number of nitrogens with one attached hydrogen (secondary N) is 2. The van der Waals surface area contributed by atoms with Crippen LogP contribution in [0.2, 0.25) is 0 Å². The van der Waals surface area contributed by atoms with E-state index in [0.717, 1.165) is 48.1 Å². The highest BCUT2D eigenvalue weighted by atomic mass is 16.4. The zero-order valence-corrected chi connectivity index (χ0v) is 17.8. The number of hydrogen-bond donors (Lipinski definition) is 3. The van der Waals surface area contributed by atoms with Crippen LogP contribution in [-0.2, 0) is 16.1 Å². The van der Waals surface area contributed by atoms with Crippen molar-refractivity contribution in [2.75, 3.05) is 18.9 Å². The van der Waals surface area contributed by atoms with E-state index in [1.54, 1.807) is 7.05 Å². The zero-order chi connectivity index (χ0) is 22.2. The molecule has 0 aromatic heterocycles. The molecule has 1 aliphatic rings. The third kappa shape index (κ3) is 6.57. The molecule has 0 bridgehead atoms. The summed E-state index contributed by atoms with van der Waals surface area (Å²) in [6.07, 6.45) is 4.21. The molecule has 3 N–H and O–H groups in total. The average Bonchev–Trinajstić information content (AvgIpc) is 2.78. The van der Waals surface area contributed by atoms with Gasteiger partial charge in [0.2, 0.25) is 11.8 Å². The molecule has 0 heterocycles. The highest BCUT2D eigenvalue weighted by Crippen LogP contribution is 2.26. The van der Waals surface area contributed by atoms with Crippen LogP contribution in [-0.4, -0.2) is 41.5 Å². The van der Waals surface area contributed by atoms with E-state index in [1.807, 2.05) is 48.5 Å². The van der Waals surface area contributed by atoms with Gasteiger partial charge in [-0.1, -0.05) is 49.6 Å². The van der Waals surface area contributed by atoms with E-state index in [-0.39, 0.29) is 24.3 Å². The summed E-state index contributed by atoms with van der Waals surface area (Å²) in [6, 6.07) is 15.6. The molecule has 0 spiro atoms. The van der Waals surface area contributed by atoms with Gasteiger partial charge in [0, 0.05) is 25.2 Å². The van der Waals surface area contributed by atoms with E-state index in [2.05, 4.69) is 10.6 Å². The Balaban J connectivity index is 1.60. The quantitative estimate of drug-likeness (QED) is 0.624. The van der Waals surface area contributed by atoms with Gasteiger partial charge in [-0.3, -0.25) is 9.59 Å². The molecule has 2 aromatic rings. The Morgan fingerprint density at radius 1 is 1.00 bits per heavy atom. The van der Waals surface area contributed by atoms with Gasteiger partial charge in [0.15, 0.2) is 0 Å². The number of amides is 3. The first-order valence-corrected chi connectivity index (χ1v) is 10.6. The van der Waals surface area contributed by atoms with Crippen molar-refractivity contribution in [1.82, 2.24) is 10.2 Å². The molecule has 0 atom stereocenters. The summed E-state index contributed by atoms with van der Waals surface area (Å²) in [5.74, 6) is -0.0686. The maximum atomic E-state index is 12.4. The van der Waals surface area contributed by atoms with Gasteiger partial charge in [0.25, 0.3) is 0 Å². The van der Waals surface area contributed by atoms with Crippen LogP contribution in [0.3, 0.4) is 0 Å². The standard InChI is InChI=1S/C24H29N3O4/c1-27(22(28)15-25-24(30)31)16-17-6-5-9-20(14-17)18-10-12-21(13-11-18)26-23(29)19-7-3-2-4-8-19/h5-6,9-14,19,25H,2-4,7-8,15-16H2,1H3,(H,26,29)(H,30,31). The molecule has 7 heteroatoms. The fraction of sp³-hybridized carbons (Fsp3) is 0.375. The summed E-state index contributed by atoms with van der Waals surface area (Å²) in [5, 5.41) is 13.7. The molecule has 1 aliphatic carbocycles. The smallest absolute Gasteiger partial charge is 0.405 e. The lowest BCUT2D eigenvalue weighted by Crippen LogP contribution is -2.37. The second kappa shape index (κ2) is 10.6. The number of anilines is 1. The number of benzene rings is 2. The molecule has 3 amide bonds. The minimum absolute atomic E-state index is 0.111. The number of likely N-dealkylation sites (N-methyl/N-ethyl adjacent to an activating group) is 1. The van der Waals surface area contributed by atoms with Crippen LogP contribution < -0.4 is 10.6 Å². The normalized spacial score (nSPS) is 14.0. The highest BCUT2D eigenvalue weighted by molar-refractivity contribution is 5.92. The van der Waals surface area contributed by atoms with Crippen molar-refractivity contribution in [1.29, 1.82) is 0 Å². The topological polar surface area (TPSA) is 98.7 Å².